The minimum Gasteiger partial charge on any atom is -0.507 e. The second kappa shape index (κ2) is 11.1. The molecular weight excluding hydrogens is 581 g/mol. The number of fused-ring (bicyclic) bond motifs is 4. The summed E-state index contributed by atoms with van der Waals surface area (Å²) in [6.45, 7) is 2.72. The molecule has 0 saturated heterocycles. The maximum absolute atomic E-state index is 14.1. The molecule has 0 fully saturated rings. The fourth-order valence-electron chi connectivity index (χ4n) is 5.87. The molecule has 228 valence electrons. The summed E-state index contributed by atoms with van der Waals surface area (Å²) in [7, 11) is 1.32. The molecule has 1 aliphatic carbocycles. The topological polar surface area (TPSA) is 131 Å². The molecule has 0 aromatic heterocycles. The normalized spacial score (nSPS) is 16.9. The number of amides is 1. The number of aromatic hydroxyl groups is 1. The molecule has 1 amide bonds. The van der Waals surface area contributed by atoms with Crippen LogP contribution in [0.3, 0.4) is 0 Å². The lowest BCUT2D eigenvalue weighted by Gasteiger charge is -2.27. The number of Topliss-reactive ketones (excluding diaryl/α,β-unsaturated/α-hetero) is 2. The van der Waals surface area contributed by atoms with Gasteiger partial charge in [0, 0.05) is 29.6 Å². The summed E-state index contributed by atoms with van der Waals surface area (Å²) in [6.07, 6.45) is 1.15. The van der Waals surface area contributed by atoms with E-state index >= 15 is 0 Å². The van der Waals surface area contributed by atoms with Crippen LogP contribution in [-0.2, 0) is 28.2 Å². The van der Waals surface area contributed by atoms with E-state index in [2.05, 4.69) is 5.32 Å². The summed E-state index contributed by atoms with van der Waals surface area (Å²) in [5.74, 6) is -2.95. The molecule has 4 aromatic rings. The highest BCUT2D eigenvalue weighted by molar-refractivity contribution is 6.25. The highest BCUT2D eigenvalue weighted by atomic mass is 19.1. The number of hydrogen-bond acceptors (Lipinski definition) is 8. The van der Waals surface area contributed by atoms with Crippen LogP contribution in [0.15, 0.2) is 89.9 Å². The molecule has 9 nitrogen and oxygen atoms in total. The molecule has 0 unspecified atom stereocenters. The minimum absolute atomic E-state index is 0.00947. The van der Waals surface area contributed by atoms with Gasteiger partial charge in [0.2, 0.25) is 0 Å². The van der Waals surface area contributed by atoms with Gasteiger partial charge in [-0.3, -0.25) is 14.4 Å². The van der Waals surface area contributed by atoms with E-state index in [1.165, 1.54) is 26.2 Å². The van der Waals surface area contributed by atoms with Crippen LogP contribution in [0.2, 0.25) is 0 Å². The lowest BCUT2D eigenvalue weighted by atomic mass is 9.71. The van der Waals surface area contributed by atoms with Crippen molar-refractivity contribution in [3.05, 3.63) is 118 Å². The molecule has 3 N–H and O–H groups in total. The molecule has 10 heteroatoms. The number of carbonyl (C=O) groups excluding carboxylic acids is 3. The summed E-state index contributed by atoms with van der Waals surface area (Å²) in [5, 5.41) is 25.8. The zero-order valence-corrected chi connectivity index (χ0v) is 24.6. The number of allylic oxidation sites excluding steroid dienone is 3. The fraction of sp³-hybridized carbons (Fsp3) is 0.171. The Bertz CT molecular complexity index is 2000. The Morgan fingerprint density at radius 1 is 0.978 bits per heavy atom. The fourth-order valence-corrected chi connectivity index (χ4v) is 5.87. The van der Waals surface area contributed by atoms with Crippen molar-refractivity contribution in [2.24, 2.45) is 0 Å². The molecular formula is C35H28FNO8. The number of nitrogens with one attached hydrogen (secondary N) is 1. The van der Waals surface area contributed by atoms with Gasteiger partial charge in [-0.05, 0) is 36.9 Å². The van der Waals surface area contributed by atoms with Crippen LogP contribution in [0.25, 0.3) is 10.8 Å². The van der Waals surface area contributed by atoms with Crippen molar-refractivity contribution in [1.82, 2.24) is 5.32 Å². The maximum atomic E-state index is 14.1. The number of ketones is 2. The summed E-state index contributed by atoms with van der Waals surface area (Å²) >= 11 is 0. The van der Waals surface area contributed by atoms with Crippen LogP contribution in [0.4, 0.5) is 4.39 Å². The number of phenols is 1. The van der Waals surface area contributed by atoms with E-state index in [1.807, 2.05) is 24.3 Å². The van der Waals surface area contributed by atoms with Crippen LogP contribution in [0.5, 0.6) is 23.0 Å². The van der Waals surface area contributed by atoms with Gasteiger partial charge < -0.3 is 29.7 Å². The van der Waals surface area contributed by atoms with Gasteiger partial charge in [0.1, 0.15) is 57.7 Å². The number of methoxy groups -OCH3 is 1. The number of aliphatic hydroxyl groups excluding tert-OH is 1. The first kappa shape index (κ1) is 29.4. The van der Waals surface area contributed by atoms with Crippen molar-refractivity contribution < 1.29 is 43.2 Å². The molecule has 1 aliphatic heterocycles. The van der Waals surface area contributed by atoms with Gasteiger partial charge in [-0.2, -0.15) is 0 Å². The van der Waals surface area contributed by atoms with Crippen LogP contribution in [0.1, 0.15) is 40.9 Å². The minimum atomic E-state index is -1.66. The average molecular weight is 610 g/mol. The first-order valence-corrected chi connectivity index (χ1v) is 14.0. The van der Waals surface area contributed by atoms with Gasteiger partial charge in [-0.1, -0.05) is 48.5 Å². The average Bonchev–Trinajstić information content (AvgIpc) is 3.32. The number of aliphatic hydroxyl groups is 1. The van der Waals surface area contributed by atoms with Gasteiger partial charge in [0.15, 0.2) is 17.3 Å². The molecule has 1 atom stereocenters. The van der Waals surface area contributed by atoms with E-state index in [4.69, 9.17) is 14.2 Å². The number of benzene rings is 4. The van der Waals surface area contributed by atoms with E-state index in [9.17, 15) is 29.0 Å². The molecule has 2 aliphatic rings. The number of carbonyl (C=O) groups is 3. The number of halogens is 1. The number of ether oxygens (including phenoxy) is 3. The standard InChI is InChI=1S/C35H28FNO8/c1-18(38)29-24(39)15-28-35(2,33(29)41)31-25(40)14-27(43-3)30(32(31)45-28)34(42)37-16-19-12-13-26(22-10-6-5-9-21(19)22)44-17-20-8-4-7-11-23(20)36/h4-15,39-40H,16-17H2,1-3H3,(H,37,42)/t35-/m1/s1. The van der Waals surface area contributed by atoms with Crippen molar-refractivity contribution in [3.63, 3.8) is 0 Å². The van der Waals surface area contributed by atoms with Crippen molar-refractivity contribution >= 4 is 28.2 Å². The molecule has 0 spiro atoms. The second-order valence-electron chi connectivity index (χ2n) is 10.9. The van der Waals surface area contributed by atoms with Gasteiger partial charge >= 0.3 is 0 Å². The first-order chi connectivity index (χ1) is 21.6. The smallest absolute Gasteiger partial charge is 0.259 e. The lowest BCUT2D eigenvalue weighted by molar-refractivity contribution is -0.123. The molecule has 4 aromatic carbocycles. The quantitative estimate of drug-likeness (QED) is 0.216. The predicted molar refractivity (Wildman–Crippen MR) is 162 cm³/mol. The number of rotatable bonds is 8. The van der Waals surface area contributed by atoms with Crippen molar-refractivity contribution in [1.29, 1.82) is 0 Å². The first-order valence-electron chi connectivity index (χ1n) is 14.0. The summed E-state index contributed by atoms with van der Waals surface area (Å²) in [4.78, 5) is 39.5. The molecule has 0 saturated carbocycles. The Balaban J connectivity index is 1.31. The van der Waals surface area contributed by atoms with Gasteiger partial charge in [0.25, 0.3) is 5.91 Å². The lowest BCUT2D eigenvalue weighted by Crippen LogP contribution is -2.38. The third kappa shape index (κ3) is 4.75. The van der Waals surface area contributed by atoms with Gasteiger partial charge in [-0.25, -0.2) is 4.39 Å². The van der Waals surface area contributed by atoms with E-state index in [0.29, 0.717) is 11.3 Å². The molecule has 1 heterocycles. The van der Waals surface area contributed by atoms with Crippen LogP contribution in [-0.4, -0.2) is 34.8 Å². The number of hydrogen-bond donors (Lipinski definition) is 3. The zero-order chi connectivity index (χ0) is 32.0. The van der Waals surface area contributed by atoms with E-state index in [1.54, 1.807) is 30.3 Å². The monoisotopic (exact) mass is 609 g/mol. The van der Waals surface area contributed by atoms with E-state index in [0.717, 1.165) is 29.3 Å². The van der Waals surface area contributed by atoms with Crippen molar-refractivity contribution in [2.75, 3.05) is 7.11 Å². The third-order valence-corrected chi connectivity index (χ3v) is 8.19. The van der Waals surface area contributed by atoms with E-state index in [-0.39, 0.29) is 53.1 Å². The predicted octanol–water partition coefficient (Wildman–Crippen LogP) is 5.72. The Labute approximate surface area is 257 Å². The Kier molecular flexibility index (Phi) is 7.28. The van der Waals surface area contributed by atoms with E-state index < -0.39 is 34.2 Å². The van der Waals surface area contributed by atoms with Crippen LogP contribution in [0, 0.1) is 5.82 Å². The SMILES string of the molecule is COc1cc(O)c2c(c1C(=O)NCc1ccc(OCc3ccccc3F)c3ccccc13)OC1=CC(O)=C(C(C)=O)C(=O)[C@]12C. The van der Waals surface area contributed by atoms with Crippen LogP contribution >= 0.6 is 0 Å². The largest absolute Gasteiger partial charge is 0.507 e. The third-order valence-electron chi connectivity index (χ3n) is 8.19. The Hall–Kier alpha value is -5.64. The highest BCUT2D eigenvalue weighted by Crippen LogP contribution is 2.56. The summed E-state index contributed by atoms with van der Waals surface area (Å²) < 4.78 is 31.5. The second-order valence-corrected chi connectivity index (χ2v) is 10.9. The number of phenolic OH excluding ortho intramolecular Hbond substituents is 1. The van der Waals surface area contributed by atoms with Gasteiger partial charge in [0.05, 0.1) is 12.7 Å². The Morgan fingerprint density at radius 2 is 1.69 bits per heavy atom. The van der Waals surface area contributed by atoms with Gasteiger partial charge in [-0.15, -0.1) is 0 Å². The highest BCUT2D eigenvalue weighted by Gasteiger charge is 2.55. The molecule has 0 bridgehead atoms. The Morgan fingerprint density at radius 3 is 2.40 bits per heavy atom. The van der Waals surface area contributed by atoms with Crippen molar-refractivity contribution in [3.8, 4) is 23.0 Å². The molecule has 0 radical (unpaired) electrons. The molecule has 45 heavy (non-hydrogen) atoms. The van der Waals surface area contributed by atoms with Crippen molar-refractivity contribution in [2.45, 2.75) is 32.4 Å². The zero-order valence-electron chi connectivity index (χ0n) is 24.6. The summed E-state index contributed by atoms with van der Waals surface area (Å²) in [5.41, 5.74) is -1.00. The van der Waals surface area contributed by atoms with Crippen LogP contribution < -0.4 is 19.5 Å². The summed E-state index contributed by atoms with van der Waals surface area (Å²) in [6, 6.07) is 18.6. The maximum Gasteiger partial charge on any atom is 0.259 e. The molecule has 6 rings (SSSR count).